The Bertz CT molecular complexity index is 200. The summed E-state index contributed by atoms with van der Waals surface area (Å²) in [4.78, 5) is 13.2. The molecule has 1 aliphatic rings. The Kier molecular flexibility index (Phi) is 3.86. The van der Waals surface area contributed by atoms with E-state index in [1.807, 2.05) is 6.92 Å². The highest BCUT2D eigenvalue weighted by atomic mass is 19.1. The summed E-state index contributed by atoms with van der Waals surface area (Å²) in [5, 5.41) is 0. The summed E-state index contributed by atoms with van der Waals surface area (Å²) in [6.45, 7) is 3.41. The Morgan fingerprint density at radius 1 is 1.50 bits per heavy atom. The Hall–Kier alpha value is -0.640. The van der Waals surface area contributed by atoms with Gasteiger partial charge in [-0.15, -0.1) is 0 Å². The van der Waals surface area contributed by atoms with Crippen molar-refractivity contribution in [2.45, 2.75) is 26.2 Å². The summed E-state index contributed by atoms with van der Waals surface area (Å²) in [6.07, 6.45) is 1.94. The molecule has 82 valence electrons. The SMILES string of the molecule is CC1(CF)CCN(C(=O)CCN)CC1. The monoisotopic (exact) mass is 202 g/mol. The van der Waals surface area contributed by atoms with Gasteiger partial charge in [0.1, 0.15) is 0 Å². The lowest BCUT2D eigenvalue weighted by Gasteiger charge is -2.37. The second-order valence-corrected chi connectivity index (χ2v) is 4.36. The smallest absolute Gasteiger partial charge is 0.223 e. The van der Waals surface area contributed by atoms with E-state index in [1.165, 1.54) is 0 Å². The molecule has 0 aromatic rings. The molecule has 0 spiro atoms. The first-order valence-electron chi connectivity index (χ1n) is 5.15. The Morgan fingerprint density at radius 3 is 2.50 bits per heavy atom. The maximum Gasteiger partial charge on any atom is 0.223 e. The summed E-state index contributed by atoms with van der Waals surface area (Å²) >= 11 is 0. The second-order valence-electron chi connectivity index (χ2n) is 4.36. The number of nitrogens with zero attached hydrogens (tertiary/aromatic N) is 1. The summed E-state index contributed by atoms with van der Waals surface area (Å²) in [6, 6.07) is 0. The molecule has 2 N–H and O–H groups in total. The van der Waals surface area contributed by atoms with E-state index in [0.29, 0.717) is 26.1 Å². The number of carbonyl (C=O) groups is 1. The molecule has 3 nitrogen and oxygen atoms in total. The van der Waals surface area contributed by atoms with Gasteiger partial charge in [0.25, 0.3) is 0 Å². The van der Waals surface area contributed by atoms with Gasteiger partial charge in [-0.05, 0) is 18.3 Å². The average Bonchev–Trinajstić information content (AvgIpc) is 2.19. The van der Waals surface area contributed by atoms with Crippen molar-refractivity contribution in [2.75, 3.05) is 26.3 Å². The van der Waals surface area contributed by atoms with Crippen molar-refractivity contribution >= 4 is 5.91 Å². The van der Waals surface area contributed by atoms with Crippen LogP contribution in [0.1, 0.15) is 26.2 Å². The van der Waals surface area contributed by atoms with Gasteiger partial charge in [-0.2, -0.15) is 0 Å². The molecule has 0 radical (unpaired) electrons. The van der Waals surface area contributed by atoms with E-state index >= 15 is 0 Å². The van der Waals surface area contributed by atoms with Crippen LogP contribution in [0.25, 0.3) is 0 Å². The van der Waals surface area contributed by atoms with E-state index in [4.69, 9.17) is 5.73 Å². The van der Waals surface area contributed by atoms with E-state index in [1.54, 1.807) is 4.90 Å². The van der Waals surface area contributed by atoms with Gasteiger partial charge in [-0.25, -0.2) is 0 Å². The highest BCUT2D eigenvalue weighted by Crippen LogP contribution is 2.31. The molecule has 1 heterocycles. The van der Waals surface area contributed by atoms with Crippen LogP contribution in [-0.4, -0.2) is 37.1 Å². The molecule has 0 aromatic carbocycles. The van der Waals surface area contributed by atoms with Crippen molar-refractivity contribution < 1.29 is 9.18 Å². The predicted molar refractivity (Wildman–Crippen MR) is 53.6 cm³/mol. The van der Waals surface area contributed by atoms with Crippen LogP contribution in [0.2, 0.25) is 0 Å². The van der Waals surface area contributed by atoms with Gasteiger partial charge < -0.3 is 10.6 Å². The zero-order chi connectivity index (χ0) is 10.6. The number of carbonyl (C=O) groups excluding carboxylic acids is 1. The van der Waals surface area contributed by atoms with Crippen LogP contribution in [0.15, 0.2) is 0 Å². The molecular formula is C10H19FN2O. The minimum absolute atomic E-state index is 0.105. The molecule has 1 rings (SSSR count). The molecule has 0 aromatic heterocycles. The Balaban J connectivity index is 2.39. The molecular weight excluding hydrogens is 183 g/mol. The average molecular weight is 202 g/mol. The first-order valence-corrected chi connectivity index (χ1v) is 5.15. The maximum atomic E-state index is 12.6. The first-order chi connectivity index (χ1) is 6.61. The fraction of sp³-hybridized carbons (Fsp3) is 0.900. The lowest BCUT2D eigenvalue weighted by molar-refractivity contribution is -0.133. The number of hydrogen-bond donors (Lipinski definition) is 1. The lowest BCUT2D eigenvalue weighted by atomic mass is 9.82. The Labute approximate surface area is 84.4 Å². The van der Waals surface area contributed by atoms with Crippen molar-refractivity contribution in [2.24, 2.45) is 11.1 Å². The van der Waals surface area contributed by atoms with Gasteiger partial charge in [0, 0.05) is 26.1 Å². The molecule has 0 bridgehead atoms. The Morgan fingerprint density at radius 2 is 2.07 bits per heavy atom. The van der Waals surface area contributed by atoms with Crippen molar-refractivity contribution in [3.05, 3.63) is 0 Å². The van der Waals surface area contributed by atoms with Crippen molar-refractivity contribution in [3.63, 3.8) is 0 Å². The van der Waals surface area contributed by atoms with Gasteiger partial charge >= 0.3 is 0 Å². The molecule has 1 fully saturated rings. The predicted octanol–water partition coefficient (Wildman–Crippen LogP) is 0.933. The summed E-state index contributed by atoms with van der Waals surface area (Å²) in [5.74, 6) is 0.105. The number of alkyl halides is 1. The number of rotatable bonds is 3. The van der Waals surface area contributed by atoms with Crippen LogP contribution in [-0.2, 0) is 4.79 Å². The van der Waals surface area contributed by atoms with Crippen molar-refractivity contribution in [3.8, 4) is 0 Å². The highest BCUT2D eigenvalue weighted by Gasteiger charge is 2.31. The molecule has 4 heteroatoms. The normalized spacial score (nSPS) is 20.9. The topological polar surface area (TPSA) is 46.3 Å². The number of amides is 1. The van der Waals surface area contributed by atoms with E-state index in [-0.39, 0.29) is 18.0 Å². The second kappa shape index (κ2) is 4.73. The minimum Gasteiger partial charge on any atom is -0.343 e. The largest absolute Gasteiger partial charge is 0.343 e. The van der Waals surface area contributed by atoms with E-state index < -0.39 is 0 Å². The standard InChI is InChI=1S/C10H19FN2O/c1-10(8-11)3-6-13(7-4-10)9(14)2-5-12/h2-8,12H2,1H3. The molecule has 0 aliphatic carbocycles. The number of hydrogen-bond acceptors (Lipinski definition) is 2. The van der Waals surface area contributed by atoms with Crippen LogP contribution in [0.3, 0.4) is 0 Å². The van der Waals surface area contributed by atoms with Gasteiger partial charge in [-0.1, -0.05) is 6.92 Å². The van der Waals surface area contributed by atoms with Gasteiger partial charge in [-0.3, -0.25) is 9.18 Å². The van der Waals surface area contributed by atoms with E-state index in [2.05, 4.69) is 0 Å². The molecule has 0 unspecified atom stereocenters. The summed E-state index contributed by atoms with van der Waals surface area (Å²) in [7, 11) is 0. The molecule has 1 aliphatic heterocycles. The van der Waals surface area contributed by atoms with Gasteiger partial charge in [0.15, 0.2) is 0 Å². The molecule has 1 saturated heterocycles. The molecule has 1 amide bonds. The van der Waals surface area contributed by atoms with E-state index in [0.717, 1.165) is 12.8 Å². The van der Waals surface area contributed by atoms with Crippen LogP contribution in [0.5, 0.6) is 0 Å². The maximum absolute atomic E-state index is 12.6. The van der Waals surface area contributed by atoms with Crippen LogP contribution in [0.4, 0.5) is 4.39 Å². The third-order valence-corrected chi connectivity index (χ3v) is 3.00. The number of piperidine rings is 1. The molecule has 0 atom stereocenters. The van der Waals surface area contributed by atoms with Crippen LogP contribution in [0, 0.1) is 5.41 Å². The van der Waals surface area contributed by atoms with Crippen molar-refractivity contribution in [1.29, 1.82) is 0 Å². The quantitative estimate of drug-likeness (QED) is 0.740. The van der Waals surface area contributed by atoms with Crippen molar-refractivity contribution in [1.82, 2.24) is 4.90 Å². The summed E-state index contributed by atoms with van der Waals surface area (Å²) < 4.78 is 12.6. The number of likely N-dealkylation sites (tertiary alicyclic amines) is 1. The zero-order valence-electron chi connectivity index (χ0n) is 8.76. The number of halogens is 1. The third kappa shape index (κ3) is 2.67. The molecule has 0 saturated carbocycles. The fourth-order valence-electron chi connectivity index (χ4n) is 1.71. The van der Waals surface area contributed by atoms with Gasteiger partial charge in [0.05, 0.1) is 6.67 Å². The fourth-order valence-corrected chi connectivity index (χ4v) is 1.71. The number of nitrogens with two attached hydrogens (primary N) is 1. The first kappa shape index (κ1) is 11.4. The lowest BCUT2D eigenvalue weighted by Crippen LogP contribution is -2.43. The summed E-state index contributed by atoms with van der Waals surface area (Å²) in [5.41, 5.74) is 5.10. The molecule has 14 heavy (non-hydrogen) atoms. The third-order valence-electron chi connectivity index (χ3n) is 3.00. The minimum atomic E-state index is -0.286. The van der Waals surface area contributed by atoms with Gasteiger partial charge in [0.2, 0.25) is 5.91 Å². The van der Waals surface area contributed by atoms with E-state index in [9.17, 15) is 9.18 Å². The zero-order valence-corrected chi connectivity index (χ0v) is 8.76. The highest BCUT2D eigenvalue weighted by molar-refractivity contribution is 5.76. The van der Waals surface area contributed by atoms with Crippen LogP contribution < -0.4 is 5.73 Å². The van der Waals surface area contributed by atoms with Crippen LogP contribution >= 0.6 is 0 Å².